The van der Waals surface area contributed by atoms with Crippen LogP contribution in [0, 0.1) is 6.92 Å². The maximum atomic E-state index is 13.0. The summed E-state index contributed by atoms with van der Waals surface area (Å²) < 4.78 is 1.15. The minimum atomic E-state index is -2.46. The van der Waals surface area contributed by atoms with E-state index in [1.165, 1.54) is 12.4 Å². The monoisotopic (exact) mass is 500 g/mol. The number of nitrogen functional groups attached to an aromatic ring is 1. The van der Waals surface area contributed by atoms with E-state index in [-0.39, 0.29) is 35.4 Å². The van der Waals surface area contributed by atoms with E-state index in [1.54, 1.807) is 11.4 Å². The Bertz CT molecular complexity index is 1250. The number of hydrogen-bond donors (Lipinski definition) is 6. The standard InChI is InChI=1S/C22H28N8O4S/c1-13-4-2-5-14(10-13)18-28-11-15(23)19(32)30(18)12-17(31)29-16(6-3-7-27-21(24)25)22(33,34)20-26-8-9-35-20/h2,4-5,8-11,16,33-34H,3,6-7,12,23H2,1H3,(H,29,31)(H4,24,25,27)/t16-/m0/s1. The average Bonchev–Trinajstić information content (AvgIpc) is 3.35. The second-order valence-corrected chi connectivity index (χ2v) is 8.82. The van der Waals surface area contributed by atoms with Gasteiger partial charge in [-0.1, -0.05) is 23.8 Å². The second-order valence-electron chi connectivity index (χ2n) is 7.93. The van der Waals surface area contributed by atoms with Crippen LogP contribution in [0.4, 0.5) is 5.69 Å². The van der Waals surface area contributed by atoms with Crippen LogP contribution in [0.15, 0.2) is 51.8 Å². The first kappa shape index (κ1) is 25.8. The van der Waals surface area contributed by atoms with Gasteiger partial charge in [0.05, 0.1) is 12.2 Å². The summed E-state index contributed by atoms with van der Waals surface area (Å²) in [5.74, 6) is -2.95. The number of aromatic nitrogens is 3. The number of guanidine groups is 1. The van der Waals surface area contributed by atoms with Gasteiger partial charge in [0, 0.05) is 23.7 Å². The fourth-order valence-electron chi connectivity index (χ4n) is 3.48. The zero-order valence-electron chi connectivity index (χ0n) is 19.1. The first-order valence-corrected chi connectivity index (χ1v) is 11.6. The third kappa shape index (κ3) is 6.41. The number of hydrogen-bond acceptors (Lipinski definition) is 9. The zero-order chi connectivity index (χ0) is 25.6. The molecule has 0 spiro atoms. The first-order chi connectivity index (χ1) is 16.6. The number of anilines is 1. The topological polar surface area (TPSA) is 208 Å². The Balaban J connectivity index is 1.87. The van der Waals surface area contributed by atoms with Gasteiger partial charge in [-0.25, -0.2) is 9.97 Å². The molecule has 1 atom stereocenters. The number of amides is 1. The molecule has 186 valence electrons. The predicted molar refractivity (Wildman–Crippen MR) is 133 cm³/mol. The molecule has 1 aromatic carbocycles. The van der Waals surface area contributed by atoms with Crippen molar-refractivity contribution < 1.29 is 15.0 Å². The van der Waals surface area contributed by atoms with E-state index in [1.807, 2.05) is 25.1 Å². The molecule has 0 radical (unpaired) electrons. The molecule has 0 bridgehead atoms. The van der Waals surface area contributed by atoms with Crippen molar-refractivity contribution in [3.8, 4) is 11.4 Å². The summed E-state index contributed by atoms with van der Waals surface area (Å²) in [5, 5.41) is 25.8. The summed E-state index contributed by atoms with van der Waals surface area (Å²) in [6.07, 6.45) is 3.12. The molecule has 2 heterocycles. The molecule has 0 aliphatic carbocycles. The Morgan fingerprint density at radius 2 is 2.09 bits per heavy atom. The summed E-state index contributed by atoms with van der Waals surface area (Å²) in [4.78, 5) is 37.9. The highest BCUT2D eigenvalue weighted by Gasteiger charge is 2.39. The molecule has 35 heavy (non-hydrogen) atoms. The Hall–Kier alpha value is -3.81. The van der Waals surface area contributed by atoms with Crippen molar-refractivity contribution in [3.63, 3.8) is 0 Å². The van der Waals surface area contributed by atoms with Crippen LogP contribution >= 0.6 is 11.3 Å². The van der Waals surface area contributed by atoms with E-state index >= 15 is 0 Å². The highest BCUT2D eigenvalue weighted by atomic mass is 32.1. The van der Waals surface area contributed by atoms with E-state index in [2.05, 4.69) is 20.3 Å². The number of nitrogens with zero attached hydrogens (tertiary/aromatic N) is 4. The maximum absolute atomic E-state index is 13.0. The summed E-state index contributed by atoms with van der Waals surface area (Å²) in [5.41, 5.74) is 17.3. The van der Waals surface area contributed by atoms with Crippen LogP contribution in [0.1, 0.15) is 23.4 Å². The fraction of sp³-hybridized carbons (Fsp3) is 0.318. The number of thiazole rings is 1. The summed E-state index contributed by atoms with van der Waals surface area (Å²) in [6.45, 7) is 1.67. The van der Waals surface area contributed by atoms with Crippen molar-refractivity contribution in [1.29, 1.82) is 0 Å². The molecule has 0 fully saturated rings. The number of nitrogens with two attached hydrogens (primary N) is 3. The van der Waals surface area contributed by atoms with Gasteiger partial charge >= 0.3 is 0 Å². The van der Waals surface area contributed by atoms with Crippen LogP contribution in [0.25, 0.3) is 11.4 Å². The highest BCUT2D eigenvalue weighted by molar-refractivity contribution is 7.09. The van der Waals surface area contributed by atoms with Gasteiger partial charge < -0.3 is 32.7 Å². The summed E-state index contributed by atoms with van der Waals surface area (Å²) >= 11 is 1.03. The van der Waals surface area contributed by atoms with Crippen LogP contribution < -0.4 is 28.1 Å². The van der Waals surface area contributed by atoms with Gasteiger partial charge in [-0.2, -0.15) is 0 Å². The summed E-state index contributed by atoms with van der Waals surface area (Å²) in [6, 6.07) is 6.13. The number of aliphatic hydroxyl groups is 2. The van der Waals surface area contributed by atoms with Crippen LogP contribution in [-0.4, -0.2) is 49.2 Å². The predicted octanol–water partition coefficient (Wildman–Crippen LogP) is -0.367. The van der Waals surface area contributed by atoms with Crippen molar-refractivity contribution in [3.05, 3.63) is 63.0 Å². The van der Waals surface area contributed by atoms with Crippen molar-refractivity contribution in [2.45, 2.75) is 38.1 Å². The smallest absolute Gasteiger partial charge is 0.277 e. The Morgan fingerprint density at radius 3 is 2.74 bits per heavy atom. The molecule has 13 heteroatoms. The van der Waals surface area contributed by atoms with Crippen LogP contribution in [0.5, 0.6) is 0 Å². The molecule has 0 saturated heterocycles. The van der Waals surface area contributed by atoms with E-state index in [4.69, 9.17) is 17.2 Å². The van der Waals surface area contributed by atoms with Gasteiger partial charge in [0.25, 0.3) is 5.56 Å². The molecule has 3 rings (SSSR count). The van der Waals surface area contributed by atoms with Gasteiger partial charge in [0.1, 0.15) is 18.1 Å². The second kappa shape index (κ2) is 11.1. The number of benzene rings is 1. The Labute approximate surface area is 205 Å². The number of carbonyl (C=O) groups is 1. The van der Waals surface area contributed by atoms with Crippen molar-refractivity contribution >= 4 is 28.9 Å². The molecule has 0 aliphatic rings. The molecular weight excluding hydrogens is 472 g/mol. The van der Waals surface area contributed by atoms with Gasteiger partial charge in [-0.15, -0.1) is 11.3 Å². The number of carbonyl (C=O) groups excluding carboxylic acids is 1. The normalized spacial score (nSPS) is 12.2. The lowest BCUT2D eigenvalue weighted by molar-refractivity contribution is -0.195. The third-order valence-electron chi connectivity index (χ3n) is 5.17. The minimum absolute atomic E-state index is 0.00730. The van der Waals surface area contributed by atoms with Crippen molar-refractivity contribution in [2.75, 3.05) is 12.3 Å². The molecule has 3 aromatic rings. The molecule has 12 nitrogen and oxygen atoms in total. The van der Waals surface area contributed by atoms with Gasteiger partial charge in [-0.3, -0.25) is 19.1 Å². The summed E-state index contributed by atoms with van der Waals surface area (Å²) in [7, 11) is 0. The number of aliphatic imine (C=N–C) groups is 1. The SMILES string of the molecule is Cc1cccc(-c2ncc(N)c(=O)n2CC(=O)N[C@@H](CCCN=C(N)N)C(O)(O)c2nccs2)c1. The van der Waals surface area contributed by atoms with Crippen LogP contribution in [-0.2, 0) is 17.1 Å². The fourth-order valence-corrected chi connectivity index (χ4v) is 4.17. The Kier molecular flexibility index (Phi) is 8.17. The van der Waals surface area contributed by atoms with E-state index < -0.39 is 29.8 Å². The molecule has 1 amide bonds. The van der Waals surface area contributed by atoms with Gasteiger partial charge in [-0.05, 0) is 25.8 Å². The molecule has 9 N–H and O–H groups in total. The number of nitrogens with one attached hydrogen (secondary N) is 1. The van der Waals surface area contributed by atoms with E-state index in [0.29, 0.717) is 12.0 Å². The van der Waals surface area contributed by atoms with E-state index in [0.717, 1.165) is 21.5 Å². The number of rotatable bonds is 10. The molecule has 2 aromatic heterocycles. The van der Waals surface area contributed by atoms with Gasteiger partial charge in [0.15, 0.2) is 11.0 Å². The Morgan fingerprint density at radius 1 is 1.31 bits per heavy atom. The molecule has 0 saturated carbocycles. The largest absolute Gasteiger partial charge is 0.393 e. The highest BCUT2D eigenvalue weighted by Crippen LogP contribution is 2.27. The van der Waals surface area contributed by atoms with Crippen molar-refractivity contribution in [2.24, 2.45) is 16.5 Å². The number of aryl methyl sites for hydroxylation is 1. The molecule has 0 unspecified atom stereocenters. The average molecular weight is 501 g/mol. The van der Waals surface area contributed by atoms with E-state index in [9.17, 15) is 19.8 Å². The quantitative estimate of drug-likeness (QED) is 0.0927. The lowest BCUT2D eigenvalue weighted by Gasteiger charge is -2.30. The lowest BCUT2D eigenvalue weighted by Crippen LogP contribution is -2.52. The molecule has 0 aliphatic heterocycles. The van der Waals surface area contributed by atoms with Crippen LogP contribution in [0.2, 0.25) is 0 Å². The molecular formula is C22H28N8O4S. The lowest BCUT2D eigenvalue weighted by atomic mass is 10.0. The maximum Gasteiger partial charge on any atom is 0.277 e. The minimum Gasteiger partial charge on any atom is -0.393 e. The van der Waals surface area contributed by atoms with Crippen molar-refractivity contribution in [1.82, 2.24) is 19.9 Å². The zero-order valence-corrected chi connectivity index (χ0v) is 19.9. The van der Waals surface area contributed by atoms with Gasteiger partial charge in [0.2, 0.25) is 11.7 Å². The first-order valence-electron chi connectivity index (χ1n) is 10.7. The third-order valence-corrected chi connectivity index (χ3v) is 6.05. The van der Waals surface area contributed by atoms with Crippen LogP contribution in [0.3, 0.4) is 0 Å².